The van der Waals surface area contributed by atoms with Gasteiger partial charge in [0.15, 0.2) is 46.0 Å². The minimum atomic E-state index is -0.151. The molecular formula is C65H80N4O14. The van der Waals surface area contributed by atoms with Crippen LogP contribution in [0.3, 0.4) is 0 Å². The molecule has 0 saturated heterocycles. The third-order valence-electron chi connectivity index (χ3n) is 12.1. The molecule has 0 heterocycles. The van der Waals surface area contributed by atoms with Crippen molar-refractivity contribution >= 4 is 11.9 Å². The Bertz CT molecular complexity index is 3050. The van der Waals surface area contributed by atoms with E-state index in [1.165, 1.54) is 24.3 Å². The largest absolute Gasteiger partial charge is 0.504 e. The standard InChI is InChI=1S/C18H23NO4.C18H21NO4.C14H15NO4.C7H9NO.C7H8O.CH4/c2*1-22-17-6-4-14(8-18(17)23-2)10-19-9-13-3-5-15(11-20)16(7-13)12-21;16-11-3-1-9(5-13(11)18)7-15-8-10-2-4-12(17)14(19)6-10;1-9-7-4-2-6(8)3-5-7;8-6-7-4-2-1-3-5-7;/h3-8,19-21H,9-12H2,1-2H3;3-9,20-21H,10-12H2,1-2H3;1-6,15-19H,7-8H2;2-5H,8H2,1H3;1-5,8H,6H2;1H4. The summed E-state index contributed by atoms with van der Waals surface area (Å²) in [6.45, 7) is 2.72. The average Bonchev–Trinajstić information content (AvgIpc) is 3.52. The molecule has 0 aliphatic carbocycles. The second kappa shape index (κ2) is 38.0. The Morgan fingerprint density at radius 3 is 1.25 bits per heavy atom. The highest BCUT2D eigenvalue weighted by Crippen LogP contribution is 2.30. The molecule has 8 aromatic carbocycles. The number of anilines is 1. The Hall–Kier alpha value is -8.85. The average molecular weight is 1140 g/mol. The van der Waals surface area contributed by atoms with Gasteiger partial charge in [-0.25, -0.2) is 0 Å². The molecule has 444 valence electrons. The molecule has 0 aromatic heterocycles. The first-order valence-corrected chi connectivity index (χ1v) is 25.8. The topological polar surface area (TPSA) is 291 Å². The minimum absolute atomic E-state index is 0. The monoisotopic (exact) mass is 1140 g/mol. The number of phenols is 4. The number of nitrogen functional groups attached to an aromatic ring is 1. The van der Waals surface area contributed by atoms with Gasteiger partial charge in [-0.05, 0) is 140 Å². The van der Waals surface area contributed by atoms with Crippen LogP contribution in [0.15, 0.2) is 169 Å². The minimum Gasteiger partial charge on any atom is -0.504 e. The number of aromatic hydroxyl groups is 4. The molecule has 8 aromatic rings. The lowest BCUT2D eigenvalue weighted by atomic mass is 10.0. The first-order valence-electron chi connectivity index (χ1n) is 25.8. The molecule has 18 heteroatoms. The van der Waals surface area contributed by atoms with Gasteiger partial charge in [-0.2, -0.15) is 0 Å². The molecule has 0 unspecified atom stereocenters. The van der Waals surface area contributed by atoms with Crippen LogP contribution in [0.2, 0.25) is 0 Å². The number of aliphatic imine (C=N–C) groups is 1. The summed E-state index contributed by atoms with van der Waals surface area (Å²) in [5.74, 6) is 3.03. The van der Waals surface area contributed by atoms with E-state index in [-0.39, 0.29) is 63.5 Å². The van der Waals surface area contributed by atoms with E-state index in [2.05, 4.69) is 15.6 Å². The van der Waals surface area contributed by atoms with Crippen molar-refractivity contribution in [2.24, 2.45) is 4.99 Å². The van der Waals surface area contributed by atoms with E-state index in [1.807, 2.05) is 109 Å². The van der Waals surface area contributed by atoms with Crippen molar-refractivity contribution in [2.75, 3.05) is 41.3 Å². The van der Waals surface area contributed by atoms with Gasteiger partial charge >= 0.3 is 0 Å². The fourth-order valence-corrected chi connectivity index (χ4v) is 7.59. The van der Waals surface area contributed by atoms with Gasteiger partial charge in [0.25, 0.3) is 0 Å². The zero-order valence-electron chi connectivity index (χ0n) is 46.8. The fourth-order valence-electron chi connectivity index (χ4n) is 7.59. The van der Waals surface area contributed by atoms with Crippen LogP contribution in [-0.2, 0) is 65.8 Å². The van der Waals surface area contributed by atoms with E-state index in [1.54, 1.807) is 72.1 Å². The van der Waals surface area contributed by atoms with Gasteiger partial charge in [0.05, 0.1) is 75.1 Å². The van der Waals surface area contributed by atoms with Crippen molar-refractivity contribution in [3.8, 4) is 51.7 Å². The number of aliphatic hydroxyl groups excluding tert-OH is 5. The molecule has 0 saturated carbocycles. The number of phenolic OH excluding ortho intramolecular Hbond substituents is 4. The maximum atomic E-state index is 9.34. The highest BCUT2D eigenvalue weighted by molar-refractivity contribution is 5.80. The Kier molecular flexibility index (Phi) is 31.3. The molecule has 0 bridgehead atoms. The van der Waals surface area contributed by atoms with Crippen LogP contribution in [0, 0.1) is 0 Å². The van der Waals surface area contributed by atoms with Gasteiger partial charge in [-0.3, -0.25) is 4.99 Å². The molecule has 0 aliphatic rings. The van der Waals surface area contributed by atoms with Crippen LogP contribution in [0.25, 0.3) is 0 Å². The molecule has 18 nitrogen and oxygen atoms in total. The molecule has 13 N–H and O–H groups in total. The molecule has 0 spiro atoms. The smallest absolute Gasteiger partial charge is 0.161 e. The van der Waals surface area contributed by atoms with E-state index in [0.717, 1.165) is 67.1 Å². The van der Waals surface area contributed by atoms with E-state index >= 15 is 0 Å². The molecule has 0 atom stereocenters. The molecule has 0 aliphatic heterocycles. The highest BCUT2D eigenvalue weighted by atomic mass is 16.5. The Balaban J connectivity index is 0.000000285. The summed E-state index contributed by atoms with van der Waals surface area (Å²) in [6.07, 6.45) is 1.75. The quantitative estimate of drug-likeness (QED) is 0.0181. The van der Waals surface area contributed by atoms with Crippen molar-refractivity contribution in [1.29, 1.82) is 0 Å². The molecule has 0 fully saturated rings. The van der Waals surface area contributed by atoms with Crippen LogP contribution >= 0.6 is 0 Å². The summed E-state index contributed by atoms with van der Waals surface area (Å²) in [5.41, 5.74) is 15.8. The number of methoxy groups -OCH3 is 5. The van der Waals surface area contributed by atoms with Gasteiger partial charge in [-0.15, -0.1) is 0 Å². The van der Waals surface area contributed by atoms with Crippen LogP contribution in [-0.4, -0.2) is 87.7 Å². The van der Waals surface area contributed by atoms with Crippen molar-refractivity contribution < 1.29 is 69.6 Å². The normalized spacial score (nSPS) is 10.2. The molecule has 0 amide bonds. The molecular weight excluding hydrogens is 1060 g/mol. The maximum Gasteiger partial charge on any atom is 0.161 e. The second-order valence-corrected chi connectivity index (χ2v) is 17.9. The molecule has 8 rings (SSSR count). The van der Waals surface area contributed by atoms with Gasteiger partial charge in [0.2, 0.25) is 0 Å². The van der Waals surface area contributed by atoms with E-state index in [9.17, 15) is 40.9 Å². The number of nitrogens with zero attached hydrogens (tertiary/aromatic N) is 1. The third-order valence-corrected chi connectivity index (χ3v) is 12.1. The molecule has 83 heavy (non-hydrogen) atoms. The number of hydrogen-bond acceptors (Lipinski definition) is 18. The maximum absolute atomic E-state index is 9.34. The Labute approximate surface area is 486 Å². The van der Waals surface area contributed by atoms with Crippen LogP contribution in [0.5, 0.6) is 51.7 Å². The zero-order chi connectivity index (χ0) is 59.7. The van der Waals surface area contributed by atoms with Gasteiger partial charge in [0, 0.05) is 38.1 Å². The van der Waals surface area contributed by atoms with Crippen molar-refractivity contribution in [1.82, 2.24) is 10.6 Å². The number of nitrogens with one attached hydrogen (secondary N) is 2. The predicted octanol–water partition coefficient (Wildman–Crippen LogP) is 9.18. The first-order chi connectivity index (χ1) is 39.7. The third kappa shape index (κ3) is 23.6. The van der Waals surface area contributed by atoms with E-state index in [4.69, 9.17) is 34.5 Å². The predicted molar refractivity (Wildman–Crippen MR) is 324 cm³/mol. The molecule has 0 radical (unpaired) electrons. The van der Waals surface area contributed by atoms with Crippen molar-refractivity contribution in [2.45, 2.75) is 73.2 Å². The van der Waals surface area contributed by atoms with E-state index < -0.39 is 0 Å². The number of benzene rings is 8. The lowest BCUT2D eigenvalue weighted by Crippen LogP contribution is -2.13. The van der Waals surface area contributed by atoms with Crippen LogP contribution in [0.1, 0.15) is 68.6 Å². The van der Waals surface area contributed by atoms with Gasteiger partial charge < -0.3 is 86.0 Å². The number of aliphatic hydroxyl groups is 5. The Morgan fingerprint density at radius 1 is 0.386 bits per heavy atom. The Morgan fingerprint density at radius 2 is 0.807 bits per heavy atom. The second-order valence-electron chi connectivity index (χ2n) is 17.9. The summed E-state index contributed by atoms with van der Waals surface area (Å²) < 4.78 is 25.9. The fraction of sp³-hybridized carbons (Fsp3) is 0.246. The number of rotatable bonds is 21. The van der Waals surface area contributed by atoms with Crippen molar-refractivity contribution in [3.63, 3.8) is 0 Å². The number of hydrogen-bond donors (Lipinski definition) is 12. The summed E-state index contributed by atoms with van der Waals surface area (Å²) in [7, 11) is 8.07. The van der Waals surface area contributed by atoms with Gasteiger partial charge in [0.1, 0.15) is 5.75 Å². The zero-order valence-corrected chi connectivity index (χ0v) is 46.8. The van der Waals surface area contributed by atoms with Crippen molar-refractivity contribution in [3.05, 3.63) is 225 Å². The first kappa shape index (κ1) is 68.4. The SMILES string of the molecule is C.COc1ccc(CN=Cc2ccc(CO)c(CO)c2)cc1OC.COc1ccc(CNCc2ccc(CO)c(CO)c2)cc1OC.COc1ccc(N)cc1.OCc1ccccc1.Oc1ccc(CNCc2ccc(O)c(O)c2)cc1O. The summed E-state index contributed by atoms with van der Waals surface area (Å²) in [6, 6.07) is 48.7. The number of ether oxygens (including phenoxy) is 5. The van der Waals surface area contributed by atoms with E-state index in [0.29, 0.717) is 61.3 Å². The summed E-state index contributed by atoms with van der Waals surface area (Å²) >= 11 is 0. The van der Waals surface area contributed by atoms with Crippen LogP contribution < -0.4 is 40.1 Å². The summed E-state index contributed by atoms with van der Waals surface area (Å²) in [5, 5.41) is 89.1. The highest BCUT2D eigenvalue weighted by Gasteiger charge is 2.08. The summed E-state index contributed by atoms with van der Waals surface area (Å²) in [4.78, 5) is 4.41. The lowest BCUT2D eigenvalue weighted by molar-refractivity contribution is 0.260. The lowest BCUT2D eigenvalue weighted by Gasteiger charge is -2.11. The number of nitrogens with two attached hydrogens (primary N) is 1. The van der Waals surface area contributed by atoms with Gasteiger partial charge in [-0.1, -0.05) is 92.4 Å². The van der Waals surface area contributed by atoms with Crippen LogP contribution in [0.4, 0.5) is 5.69 Å².